The molecule has 0 aliphatic carbocycles. The van der Waals surface area contributed by atoms with Gasteiger partial charge in [0.05, 0.1) is 13.2 Å². The van der Waals surface area contributed by atoms with Gasteiger partial charge in [0.1, 0.15) is 5.75 Å². The van der Waals surface area contributed by atoms with E-state index in [4.69, 9.17) is 4.74 Å². The van der Waals surface area contributed by atoms with Crippen LogP contribution in [0.3, 0.4) is 0 Å². The highest BCUT2D eigenvalue weighted by atomic mass is 16.5. The van der Waals surface area contributed by atoms with Crippen LogP contribution in [-0.2, 0) is 6.42 Å². The Bertz CT molecular complexity index is 558. The van der Waals surface area contributed by atoms with Crippen molar-refractivity contribution in [1.82, 2.24) is 0 Å². The van der Waals surface area contributed by atoms with Gasteiger partial charge in [0.15, 0.2) is 0 Å². The molecule has 0 radical (unpaired) electrons. The zero-order valence-electron chi connectivity index (χ0n) is 12.6. The number of methoxy groups -OCH3 is 1. The van der Waals surface area contributed by atoms with E-state index in [1.54, 1.807) is 7.11 Å². The monoisotopic (exact) mass is 272 g/mol. The molecule has 0 aromatic heterocycles. The molecule has 108 valence electrons. The molecule has 2 nitrogen and oxygen atoms in total. The maximum atomic E-state index is 10.4. The van der Waals surface area contributed by atoms with Gasteiger partial charge in [0.2, 0.25) is 0 Å². The van der Waals surface area contributed by atoms with Gasteiger partial charge in [0.25, 0.3) is 0 Å². The highest BCUT2D eigenvalue weighted by Crippen LogP contribution is 2.26. The smallest absolute Gasteiger partial charge is 0.119 e. The van der Waals surface area contributed by atoms with Crippen LogP contribution in [0, 0.1) is 5.92 Å². The third-order valence-electron chi connectivity index (χ3n) is 4.20. The molecule has 2 aromatic carbocycles. The summed E-state index contributed by atoms with van der Waals surface area (Å²) in [6, 6.07) is 12.4. The van der Waals surface area contributed by atoms with Gasteiger partial charge in [0, 0.05) is 0 Å². The predicted molar refractivity (Wildman–Crippen MR) is 84.3 cm³/mol. The molecule has 2 heteroatoms. The average molecular weight is 272 g/mol. The molecule has 1 N–H and O–H groups in total. The number of aliphatic hydroxyl groups is 1. The minimum atomic E-state index is -0.276. The molecule has 2 aromatic rings. The van der Waals surface area contributed by atoms with Crippen LogP contribution in [0.1, 0.15) is 32.3 Å². The van der Waals surface area contributed by atoms with E-state index in [-0.39, 0.29) is 6.10 Å². The van der Waals surface area contributed by atoms with Crippen molar-refractivity contribution < 1.29 is 9.84 Å². The van der Waals surface area contributed by atoms with E-state index in [2.05, 4.69) is 44.2 Å². The molecule has 0 heterocycles. The van der Waals surface area contributed by atoms with Gasteiger partial charge in [-0.3, -0.25) is 0 Å². The Balaban J connectivity index is 2.33. The summed E-state index contributed by atoms with van der Waals surface area (Å²) in [5, 5.41) is 12.8. The molecular weight excluding hydrogens is 248 g/mol. The molecule has 0 spiro atoms. The lowest BCUT2D eigenvalue weighted by Crippen LogP contribution is -2.21. The Labute approximate surface area is 121 Å². The molecular formula is C18H24O2. The number of rotatable bonds is 6. The molecule has 0 aliphatic rings. The summed E-state index contributed by atoms with van der Waals surface area (Å²) in [6.07, 6.45) is 2.47. The lowest BCUT2D eigenvalue weighted by molar-refractivity contribution is 0.103. The van der Waals surface area contributed by atoms with Gasteiger partial charge < -0.3 is 9.84 Å². The summed E-state index contributed by atoms with van der Waals surface area (Å²) in [5.41, 5.74) is 1.20. The number of hydrogen-bond acceptors (Lipinski definition) is 2. The molecule has 1 atom stereocenters. The van der Waals surface area contributed by atoms with Crippen LogP contribution in [-0.4, -0.2) is 18.3 Å². The summed E-state index contributed by atoms with van der Waals surface area (Å²) in [4.78, 5) is 0. The topological polar surface area (TPSA) is 29.5 Å². The number of aliphatic hydroxyl groups excluding tert-OH is 1. The van der Waals surface area contributed by atoms with Gasteiger partial charge >= 0.3 is 0 Å². The Morgan fingerprint density at radius 1 is 1.10 bits per heavy atom. The normalized spacial score (nSPS) is 12.8. The fourth-order valence-electron chi connectivity index (χ4n) is 2.85. The minimum absolute atomic E-state index is 0.276. The number of hydrogen-bond donors (Lipinski definition) is 1. The van der Waals surface area contributed by atoms with Crippen LogP contribution in [0.25, 0.3) is 10.8 Å². The van der Waals surface area contributed by atoms with Crippen LogP contribution in [0.2, 0.25) is 0 Å². The molecule has 20 heavy (non-hydrogen) atoms. The zero-order valence-corrected chi connectivity index (χ0v) is 12.6. The van der Waals surface area contributed by atoms with Crippen molar-refractivity contribution in [2.45, 2.75) is 39.2 Å². The highest BCUT2D eigenvalue weighted by molar-refractivity contribution is 5.87. The highest BCUT2D eigenvalue weighted by Gasteiger charge is 2.17. The quantitative estimate of drug-likeness (QED) is 0.854. The Hall–Kier alpha value is -1.54. The summed E-state index contributed by atoms with van der Waals surface area (Å²) in [6.45, 7) is 4.28. The van der Waals surface area contributed by atoms with Gasteiger partial charge in [-0.05, 0) is 40.8 Å². The third kappa shape index (κ3) is 3.13. The van der Waals surface area contributed by atoms with Crippen molar-refractivity contribution in [3.63, 3.8) is 0 Å². The van der Waals surface area contributed by atoms with E-state index >= 15 is 0 Å². The summed E-state index contributed by atoms with van der Waals surface area (Å²) >= 11 is 0. The number of fused-ring (bicyclic) bond motifs is 1. The van der Waals surface area contributed by atoms with Gasteiger partial charge in [-0.25, -0.2) is 0 Å². The molecule has 0 aliphatic heterocycles. The van der Waals surface area contributed by atoms with E-state index in [1.165, 1.54) is 16.3 Å². The van der Waals surface area contributed by atoms with Crippen LogP contribution >= 0.6 is 0 Å². The minimum Gasteiger partial charge on any atom is -0.497 e. The van der Waals surface area contributed by atoms with E-state index in [0.29, 0.717) is 12.3 Å². The zero-order chi connectivity index (χ0) is 14.5. The first-order valence-electron chi connectivity index (χ1n) is 7.43. The van der Waals surface area contributed by atoms with Crippen molar-refractivity contribution in [3.8, 4) is 5.75 Å². The summed E-state index contributed by atoms with van der Waals surface area (Å²) in [5.74, 6) is 1.23. The lowest BCUT2D eigenvalue weighted by atomic mass is 9.90. The molecule has 0 bridgehead atoms. The first-order valence-corrected chi connectivity index (χ1v) is 7.43. The van der Waals surface area contributed by atoms with Crippen molar-refractivity contribution >= 4 is 10.8 Å². The second-order valence-electron chi connectivity index (χ2n) is 5.35. The van der Waals surface area contributed by atoms with Crippen molar-refractivity contribution in [1.29, 1.82) is 0 Å². The molecule has 1 unspecified atom stereocenters. The first-order chi connectivity index (χ1) is 9.69. The Kier molecular flexibility index (Phi) is 5.02. The largest absolute Gasteiger partial charge is 0.497 e. The maximum Gasteiger partial charge on any atom is 0.119 e. The average Bonchev–Trinajstić information content (AvgIpc) is 2.48. The second kappa shape index (κ2) is 6.76. The SMILES string of the molecule is CCC(CC)C(O)Cc1cccc2ccc(OC)cc12. The van der Waals surface area contributed by atoms with E-state index in [1.807, 2.05) is 6.07 Å². The molecule has 0 saturated carbocycles. The first kappa shape index (κ1) is 14.9. The molecule has 0 fully saturated rings. The van der Waals surface area contributed by atoms with Crippen LogP contribution < -0.4 is 4.74 Å². The Morgan fingerprint density at radius 2 is 1.85 bits per heavy atom. The van der Waals surface area contributed by atoms with Crippen molar-refractivity contribution in [3.05, 3.63) is 42.0 Å². The van der Waals surface area contributed by atoms with Gasteiger partial charge in [-0.15, -0.1) is 0 Å². The lowest BCUT2D eigenvalue weighted by Gasteiger charge is -2.21. The van der Waals surface area contributed by atoms with E-state index in [0.717, 1.165) is 18.6 Å². The maximum absolute atomic E-state index is 10.4. The van der Waals surface area contributed by atoms with Gasteiger partial charge in [-0.1, -0.05) is 51.0 Å². The molecule has 2 rings (SSSR count). The fourth-order valence-corrected chi connectivity index (χ4v) is 2.85. The van der Waals surface area contributed by atoms with Crippen LogP contribution in [0.4, 0.5) is 0 Å². The third-order valence-corrected chi connectivity index (χ3v) is 4.20. The molecule has 0 amide bonds. The number of ether oxygens (including phenoxy) is 1. The summed E-state index contributed by atoms with van der Waals surface area (Å²) < 4.78 is 5.31. The van der Waals surface area contributed by atoms with Crippen LogP contribution in [0.15, 0.2) is 36.4 Å². The van der Waals surface area contributed by atoms with E-state index in [9.17, 15) is 5.11 Å². The van der Waals surface area contributed by atoms with Crippen LogP contribution in [0.5, 0.6) is 5.75 Å². The van der Waals surface area contributed by atoms with E-state index < -0.39 is 0 Å². The predicted octanol–water partition coefficient (Wildman–Crippen LogP) is 4.19. The fraction of sp³-hybridized carbons (Fsp3) is 0.444. The second-order valence-corrected chi connectivity index (χ2v) is 5.35. The van der Waals surface area contributed by atoms with Gasteiger partial charge in [-0.2, -0.15) is 0 Å². The number of benzene rings is 2. The molecule has 0 saturated heterocycles. The summed E-state index contributed by atoms with van der Waals surface area (Å²) in [7, 11) is 1.68. The standard InChI is InChI=1S/C18H24O2/c1-4-13(5-2)18(19)11-15-8-6-7-14-9-10-16(20-3)12-17(14)15/h6-10,12-13,18-19H,4-5,11H2,1-3H3. The Morgan fingerprint density at radius 3 is 2.50 bits per heavy atom. The van der Waals surface area contributed by atoms with Crippen molar-refractivity contribution in [2.75, 3.05) is 7.11 Å². The van der Waals surface area contributed by atoms with Crippen molar-refractivity contribution in [2.24, 2.45) is 5.92 Å².